The Morgan fingerprint density at radius 2 is 2.50 bits per heavy atom. The van der Waals surface area contributed by atoms with Gasteiger partial charge < -0.3 is 9.73 Å². The zero-order chi connectivity index (χ0) is 9.38. The van der Waals surface area contributed by atoms with E-state index in [0.29, 0.717) is 6.04 Å². The molecule has 1 atom stereocenters. The Labute approximate surface area is 82.1 Å². The molecule has 1 N–H and O–H groups in total. The van der Waals surface area contributed by atoms with Gasteiger partial charge in [-0.05, 0) is 31.5 Å². The Balaban J connectivity index is 2.11. The van der Waals surface area contributed by atoms with Crippen LogP contribution in [-0.4, -0.2) is 11.5 Å². The fourth-order valence-corrected chi connectivity index (χ4v) is 2.08. The first-order valence-corrected chi connectivity index (χ1v) is 5.00. The summed E-state index contributed by atoms with van der Waals surface area (Å²) in [6.07, 6.45) is 6.08. The number of nitrogens with zero attached hydrogens (tertiary/aromatic N) is 1. The van der Waals surface area contributed by atoms with Gasteiger partial charge in [0.25, 0.3) is 0 Å². The van der Waals surface area contributed by atoms with Crippen LogP contribution in [-0.2, 0) is 0 Å². The van der Waals surface area contributed by atoms with E-state index in [1.54, 1.807) is 0 Å². The van der Waals surface area contributed by atoms with Crippen LogP contribution in [0.4, 0.5) is 0 Å². The van der Waals surface area contributed by atoms with Crippen LogP contribution in [0.15, 0.2) is 29.0 Å². The molecule has 0 spiro atoms. The molecule has 0 amide bonds. The van der Waals surface area contributed by atoms with Gasteiger partial charge in [-0.15, -0.1) is 0 Å². The van der Waals surface area contributed by atoms with E-state index < -0.39 is 0 Å². The van der Waals surface area contributed by atoms with E-state index in [4.69, 9.17) is 4.42 Å². The number of nitrogens with one attached hydrogen (secondary N) is 1. The van der Waals surface area contributed by atoms with Gasteiger partial charge in [0, 0.05) is 17.8 Å². The molecule has 1 fully saturated rings. The normalized spacial score (nSPS) is 21.9. The summed E-state index contributed by atoms with van der Waals surface area (Å²) in [6, 6.07) is 4.30. The fourth-order valence-electron chi connectivity index (χ4n) is 2.08. The summed E-state index contributed by atoms with van der Waals surface area (Å²) in [5.41, 5.74) is 3.10. The van der Waals surface area contributed by atoms with Gasteiger partial charge in [0.1, 0.15) is 5.52 Å². The van der Waals surface area contributed by atoms with Crippen molar-refractivity contribution >= 4 is 11.1 Å². The third-order valence-corrected chi connectivity index (χ3v) is 2.79. The summed E-state index contributed by atoms with van der Waals surface area (Å²) in [5.74, 6) is 0. The van der Waals surface area contributed by atoms with Crippen molar-refractivity contribution in [3.05, 3.63) is 30.2 Å². The molecular weight excluding hydrogens is 176 g/mol. The number of furan rings is 1. The van der Waals surface area contributed by atoms with Gasteiger partial charge in [-0.2, -0.15) is 0 Å². The minimum absolute atomic E-state index is 0.436. The molecule has 2 aromatic heterocycles. The summed E-state index contributed by atoms with van der Waals surface area (Å²) in [7, 11) is 0. The van der Waals surface area contributed by atoms with E-state index in [-0.39, 0.29) is 0 Å². The van der Waals surface area contributed by atoms with E-state index in [2.05, 4.69) is 10.3 Å². The monoisotopic (exact) mass is 188 g/mol. The Hall–Kier alpha value is -1.35. The van der Waals surface area contributed by atoms with Crippen molar-refractivity contribution in [2.24, 2.45) is 0 Å². The second kappa shape index (κ2) is 3.10. The van der Waals surface area contributed by atoms with Gasteiger partial charge in [0.2, 0.25) is 0 Å². The molecule has 72 valence electrons. The third kappa shape index (κ3) is 1.13. The van der Waals surface area contributed by atoms with Crippen LogP contribution in [0.5, 0.6) is 0 Å². The summed E-state index contributed by atoms with van der Waals surface area (Å²) >= 11 is 0. The van der Waals surface area contributed by atoms with Gasteiger partial charge in [0.05, 0.1) is 6.26 Å². The second-order valence-electron chi connectivity index (χ2n) is 3.69. The van der Waals surface area contributed by atoms with Crippen LogP contribution in [0.2, 0.25) is 0 Å². The highest BCUT2D eigenvalue weighted by Gasteiger charge is 2.20. The molecular formula is C11H12N2O. The molecule has 0 saturated carbocycles. The summed E-state index contributed by atoms with van der Waals surface area (Å²) in [6.45, 7) is 1.10. The molecule has 3 heterocycles. The molecule has 1 unspecified atom stereocenters. The summed E-state index contributed by atoms with van der Waals surface area (Å²) in [5, 5.41) is 3.45. The van der Waals surface area contributed by atoms with Gasteiger partial charge in [-0.3, -0.25) is 4.98 Å². The number of rotatable bonds is 1. The highest BCUT2D eigenvalue weighted by molar-refractivity contribution is 5.76. The highest BCUT2D eigenvalue weighted by atomic mass is 16.3. The molecule has 1 aliphatic rings. The van der Waals surface area contributed by atoms with Crippen LogP contribution in [0, 0.1) is 0 Å². The number of pyridine rings is 1. The second-order valence-corrected chi connectivity index (χ2v) is 3.69. The van der Waals surface area contributed by atoms with Crippen molar-refractivity contribution < 1.29 is 4.42 Å². The molecule has 3 rings (SSSR count). The Bertz CT molecular complexity index is 443. The zero-order valence-electron chi connectivity index (χ0n) is 7.86. The molecule has 0 radical (unpaired) electrons. The topological polar surface area (TPSA) is 38.1 Å². The van der Waals surface area contributed by atoms with Crippen LogP contribution in [0.1, 0.15) is 24.4 Å². The van der Waals surface area contributed by atoms with Crippen molar-refractivity contribution in [1.29, 1.82) is 0 Å². The average Bonchev–Trinajstić information content (AvgIpc) is 2.85. The molecule has 3 heteroatoms. The molecule has 1 saturated heterocycles. The highest BCUT2D eigenvalue weighted by Crippen LogP contribution is 2.29. The first-order valence-electron chi connectivity index (χ1n) is 5.00. The van der Waals surface area contributed by atoms with Gasteiger partial charge in [-0.1, -0.05) is 0 Å². The third-order valence-electron chi connectivity index (χ3n) is 2.79. The maximum Gasteiger partial charge on any atom is 0.152 e. The van der Waals surface area contributed by atoms with Gasteiger partial charge >= 0.3 is 0 Å². The van der Waals surface area contributed by atoms with Crippen LogP contribution in [0.3, 0.4) is 0 Å². The number of fused-ring (bicyclic) bond motifs is 1. The Morgan fingerprint density at radius 1 is 1.50 bits per heavy atom. The number of aromatic nitrogens is 1. The standard InChI is InChI=1S/C11H12N2O/c1-3-9(12-5-1)8-7-14-10-4-2-6-13-11(8)10/h2,4,6-7,9,12H,1,3,5H2. The predicted octanol–water partition coefficient (Wildman–Crippen LogP) is 2.25. The first kappa shape index (κ1) is 8.00. The smallest absolute Gasteiger partial charge is 0.152 e. The van der Waals surface area contributed by atoms with E-state index in [0.717, 1.165) is 17.6 Å². The maximum atomic E-state index is 5.46. The zero-order valence-corrected chi connectivity index (χ0v) is 7.86. The predicted molar refractivity (Wildman–Crippen MR) is 54.0 cm³/mol. The molecule has 0 aliphatic carbocycles. The fraction of sp³-hybridized carbons (Fsp3) is 0.364. The Kier molecular flexibility index (Phi) is 1.77. The van der Waals surface area contributed by atoms with E-state index in [1.807, 2.05) is 24.6 Å². The minimum Gasteiger partial charge on any atom is -0.462 e. The van der Waals surface area contributed by atoms with E-state index in [9.17, 15) is 0 Å². The summed E-state index contributed by atoms with van der Waals surface area (Å²) < 4.78 is 5.46. The van der Waals surface area contributed by atoms with E-state index >= 15 is 0 Å². The minimum atomic E-state index is 0.436. The van der Waals surface area contributed by atoms with Crippen molar-refractivity contribution in [3.63, 3.8) is 0 Å². The molecule has 0 bridgehead atoms. The lowest BCUT2D eigenvalue weighted by molar-refractivity contribution is 0.586. The van der Waals surface area contributed by atoms with E-state index in [1.165, 1.54) is 18.4 Å². The Morgan fingerprint density at radius 3 is 3.36 bits per heavy atom. The number of hydrogen-bond acceptors (Lipinski definition) is 3. The van der Waals surface area contributed by atoms with Crippen molar-refractivity contribution in [3.8, 4) is 0 Å². The van der Waals surface area contributed by atoms with Gasteiger partial charge in [0.15, 0.2) is 5.58 Å². The van der Waals surface area contributed by atoms with Crippen LogP contribution >= 0.6 is 0 Å². The maximum absolute atomic E-state index is 5.46. The lowest BCUT2D eigenvalue weighted by Crippen LogP contribution is -2.12. The lowest BCUT2D eigenvalue weighted by Gasteiger charge is -2.06. The SMILES string of the molecule is c1cnc2c(C3CCCN3)coc2c1. The van der Waals surface area contributed by atoms with Gasteiger partial charge in [-0.25, -0.2) is 0 Å². The molecule has 3 nitrogen and oxygen atoms in total. The molecule has 0 aromatic carbocycles. The number of hydrogen-bond donors (Lipinski definition) is 1. The van der Waals surface area contributed by atoms with Crippen LogP contribution in [0.25, 0.3) is 11.1 Å². The van der Waals surface area contributed by atoms with Crippen molar-refractivity contribution in [2.45, 2.75) is 18.9 Å². The van der Waals surface area contributed by atoms with Crippen molar-refractivity contribution in [2.75, 3.05) is 6.54 Å². The molecule has 2 aromatic rings. The quantitative estimate of drug-likeness (QED) is 0.745. The molecule has 1 aliphatic heterocycles. The van der Waals surface area contributed by atoms with Crippen molar-refractivity contribution in [1.82, 2.24) is 10.3 Å². The average molecular weight is 188 g/mol. The summed E-state index contributed by atoms with van der Waals surface area (Å²) in [4.78, 5) is 4.35. The largest absolute Gasteiger partial charge is 0.462 e. The molecule has 14 heavy (non-hydrogen) atoms. The first-order chi connectivity index (χ1) is 6.95. The van der Waals surface area contributed by atoms with Crippen LogP contribution < -0.4 is 5.32 Å². The lowest BCUT2D eigenvalue weighted by atomic mass is 10.1.